The van der Waals surface area contributed by atoms with Crippen LogP contribution in [-0.4, -0.2) is 28.4 Å². The lowest BCUT2D eigenvalue weighted by Gasteiger charge is -2.05. The quantitative estimate of drug-likeness (QED) is 0.837. The first-order chi connectivity index (χ1) is 10.5. The summed E-state index contributed by atoms with van der Waals surface area (Å²) in [5, 5.41) is 0.562. The lowest BCUT2D eigenvalue weighted by molar-refractivity contribution is 0.400. The van der Waals surface area contributed by atoms with Gasteiger partial charge in [-0.05, 0) is 42.8 Å². The Morgan fingerprint density at radius 3 is 1.59 bits per heavy atom. The Labute approximate surface area is 136 Å². The fourth-order valence-electron chi connectivity index (χ4n) is 1.75. The average molecular weight is 325 g/mol. The Balaban J connectivity index is 0.000000220. The molecule has 0 heterocycles. The van der Waals surface area contributed by atoms with Crippen LogP contribution in [0.1, 0.15) is 5.56 Å². The topological polar surface area (TPSA) is 36.9 Å². The van der Waals surface area contributed by atoms with Gasteiger partial charge in [0.2, 0.25) is 0 Å². The second kappa shape index (κ2) is 9.05. The number of hydrogen-bond donors (Lipinski definition) is 0. The van der Waals surface area contributed by atoms with Gasteiger partial charge in [0.05, 0.1) is 33.5 Å². The molecule has 2 rings (SSSR count). The minimum absolute atomic E-state index is 0.562. The van der Waals surface area contributed by atoms with Crippen LogP contribution >= 0.6 is 11.6 Å². The van der Waals surface area contributed by atoms with E-state index in [0.29, 0.717) is 10.8 Å². The summed E-state index contributed by atoms with van der Waals surface area (Å²) in [6.07, 6.45) is 0. The molecule has 22 heavy (non-hydrogen) atoms. The van der Waals surface area contributed by atoms with E-state index in [1.807, 2.05) is 25.1 Å². The molecule has 0 radical (unpaired) electrons. The predicted octanol–water partition coefficient (Wildman–Crippen LogP) is 4.37. The summed E-state index contributed by atoms with van der Waals surface area (Å²) in [5.41, 5.74) is 1.09. The van der Waals surface area contributed by atoms with Crippen molar-refractivity contribution in [2.24, 2.45) is 0 Å². The van der Waals surface area contributed by atoms with E-state index in [4.69, 9.17) is 30.5 Å². The van der Waals surface area contributed by atoms with Gasteiger partial charge in [-0.25, -0.2) is 0 Å². The predicted molar refractivity (Wildman–Crippen MR) is 88.8 cm³/mol. The maximum absolute atomic E-state index is 5.80. The first kappa shape index (κ1) is 18.0. The summed E-state index contributed by atoms with van der Waals surface area (Å²) in [5.74, 6) is 3.15. The van der Waals surface area contributed by atoms with Crippen molar-refractivity contribution in [1.82, 2.24) is 0 Å². The molecule has 0 aliphatic carbocycles. The number of hydrogen-bond acceptors (Lipinski definition) is 4. The van der Waals surface area contributed by atoms with Crippen LogP contribution in [0.4, 0.5) is 0 Å². The van der Waals surface area contributed by atoms with Crippen LogP contribution in [0.3, 0.4) is 0 Å². The van der Waals surface area contributed by atoms with E-state index in [2.05, 4.69) is 0 Å². The zero-order chi connectivity index (χ0) is 16.5. The van der Waals surface area contributed by atoms with Crippen molar-refractivity contribution < 1.29 is 18.9 Å². The highest BCUT2D eigenvalue weighted by Crippen LogP contribution is 2.27. The van der Waals surface area contributed by atoms with Crippen LogP contribution in [0, 0.1) is 6.92 Å². The second-order valence-electron chi connectivity index (χ2n) is 4.34. The van der Waals surface area contributed by atoms with Gasteiger partial charge in [0.1, 0.15) is 23.0 Å². The monoisotopic (exact) mass is 324 g/mol. The molecule has 0 atom stereocenters. The largest absolute Gasteiger partial charge is 0.497 e. The van der Waals surface area contributed by atoms with E-state index in [1.165, 1.54) is 0 Å². The average Bonchev–Trinajstić information content (AvgIpc) is 2.55. The van der Waals surface area contributed by atoms with Crippen LogP contribution in [0.2, 0.25) is 5.02 Å². The van der Waals surface area contributed by atoms with Crippen LogP contribution < -0.4 is 18.9 Å². The van der Waals surface area contributed by atoms with Crippen molar-refractivity contribution in [2.45, 2.75) is 6.92 Å². The molecule has 0 spiro atoms. The molecular weight excluding hydrogens is 304 g/mol. The molecule has 0 fully saturated rings. The third-order valence-electron chi connectivity index (χ3n) is 2.96. The molecule has 120 valence electrons. The van der Waals surface area contributed by atoms with Crippen molar-refractivity contribution in [3.05, 3.63) is 47.0 Å². The summed E-state index contributed by atoms with van der Waals surface area (Å²) in [6, 6.07) is 11.0. The molecule has 0 aromatic heterocycles. The van der Waals surface area contributed by atoms with Crippen molar-refractivity contribution in [3.8, 4) is 23.0 Å². The molecule has 4 nitrogen and oxygen atoms in total. The normalized spacial score (nSPS) is 9.36. The summed E-state index contributed by atoms with van der Waals surface area (Å²) in [7, 11) is 6.49. The zero-order valence-electron chi connectivity index (χ0n) is 13.5. The van der Waals surface area contributed by atoms with Crippen molar-refractivity contribution in [2.75, 3.05) is 28.4 Å². The molecule has 0 saturated heterocycles. The van der Waals surface area contributed by atoms with E-state index < -0.39 is 0 Å². The van der Waals surface area contributed by atoms with Gasteiger partial charge in [-0.2, -0.15) is 0 Å². The number of benzene rings is 2. The number of methoxy groups -OCH3 is 4. The van der Waals surface area contributed by atoms with Gasteiger partial charge >= 0.3 is 0 Å². The molecule has 0 saturated carbocycles. The van der Waals surface area contributed by atoms with Gasteiger partial charge in [0, 0.05) is 6.07 Å². The van der Waals surface area contributed by atoms with E-state index in [9.17, 15) is 0 Å². The summed E-state index contributed by atoms with van der Waals surface area (Å²) >= 11 is 5.80. The SMILES string of the molecule is COc1ccc(OC)c(C)c1.COc1ccc(OC)c(Cl)c1. The number of rotatable bonds is 4. The van der Waals surface area contributed by atoms with Gasteiger partial charge in [-0.3, -0.25) is 0 Å². The molecule has 5 heteroatoms. The van der Waals surface area contributed by atoms with Crippen LogP contribution in [0.25, 0.3) is 0 Å². The Kier molecular flexibility index (Phi) is 7.40. The Hall–Kier alpha value is -2.07. The fraction of sp³-hybridized carbons (Fsp3) is 0.294. The molecule has 0 aliphatic rings. The smallest absolute Gasteiger partial charge is 0.137 e. The zero-order valence-corrected chi connectivity index (χ0v) is 14.2. The summed E-state index contributed by atoms with van der Waals surface area (Å²) in [6.45, 7) is 1.99. The Morgan fingerprint density at radius 2 is 1.18 bits per heavy atom. The summed E-state index contributed by atoms with van der Waals surface area (Å²) in [4.78, 5) is 0. The molecule has 0 aliphatic heterocycles. The van der Waals surface area contributed by atoms with E-state index in [-0.39, 0.29) is 0 Å². The van der Waals surface area contributed by atoms with E-state index in [1.54, 1.807) is 46.6 Å². The highest BCUT2D eigenvalue weighted by molar-refractivity contribution is 6.32. The molecule has 0 amide bonds. The lowest BCUT2D eigenvalue weighted by Crippen LogP contribution is -1.88. The van der Waals surface area contributed by atoms with Crippen LogP contribution in [-0.2, 0) is 0 Å². The van der Waals surface area contributed by atoms with Crippen LogP contribution in [0.15, 0.2) is 36.4 Å². The van der Waals surface area contributed by atoms with Crippen molar-refractivity contribution in [3.63, 3.8) is 0 Å². The first-order valence-electron chi connectivity index (χ1n) is 6.61. The standard InChI is InChI=1S/C9H12O2.C8H9ClO2/c1-7-6-8(10-2)4-5-9(7)11-3;1-10-6-3-4-8(11-2)7(9)5-6/h4-6H,1-3H3;3-5H,1-2H3. The minimum atomic E-state index is 0.562. The molecule has 0 bridgehead atoms. The number of halogens is 1. The molecule has 0 N–H and O–H groups in total. The van der Waals surface area contributed by atoms with Gasteiger partial charge < -0.3 is 18.9 Å². The van der Waals surface area contributed by atoms with Gasteiger partial charge in [-0.15, -0.1) is 0 Å². The third-order valence-corrected chi connectivity index (χ3v) is 3.26. The minimum Gasteiger partial charge on any atom is -0.497 e. The highest BCUT2D eigenvalue weighted by Gasteiger charge is 2.00. The van der Waals surface area contributed by atoms with Gasteiger partial charge in [0.15, 0.2) is 0 Å². The molecule has 2 aromatic rings. The van der Waals surface area contributed by atoms with E-state index in [0.717, 1.165) is 22.8 Å². The van der Waals surface area contributed by atoms with Crippen molar-refractivity contribution >= 4 is 11.6 Å². The fourth-order valence-corrected chi connectivity index (χ4v) is 2.00. The number of ether oxygens (including phenoxy) is 4. The van der Waals surface area contributed by atoms with Gasteiger partial charge in [0.25, 0.3) is 0 Å². The van der Waals surface area contributed by atoms with Crippen LogP contribution in [0.5, 0.6) is 23.0 Å². The molecule has 0 unspecified atom stereocenters. The molecular formula is C17H21ClO4. The Bertz CT molecular complexity index is 546. The highest BCUT2D eigenvalue weighted by atomic mass is 35.5. The van der Waals surface area contributed by atoms with E-state index >= 15 is 0 Å². The third kappa shape index (κ3) is 5.04. The van der Waals surface area contributed by atoms with Gasteiger partial charge in [-0.1, -0.05) is 11.6 Å². The lowest BCUT2D eigenvalue weighted by atomic mass is 10.2. The number of aryl methyl sites for hydroxylation is 1. The first-order valence-corrected chi connectivity index (χ1v) is 6.99. The Morgan fingerprint density at radius 1 is 0.682 bits per heavy atom. The second-order valence-corrected chi connectivity index (χ2v) is 4.74. The maximum atomic E-state index is 5.80. The maximum Gasteiger partial charge on any atom is 0.137 e. The van der Waals surface area contributed by atoms with Crippen molar-refractivity contribution in [1.29, 1.82) is 0 Å². The summed E-state index contributed by atoms with van der Waals surface area (Å²) < 4.78 is 20.0. The molecule has 2 aromatic carbocycles.